The fourth-order valence-electron chi connectivity index (χ4n) is 2.48. The van der Waals surface area contributed by atoms with Gasteiger partial charge in [-0.3, -0.25) is 4.79 Å². The maximum Gasteiger partial charge on any atom is 0.220 e. The van der Waals surface area contributed by atoms with Gasteiger partial charge in [0.15, 0.2) is 0 Å². The summed E-state index contributed by atoms with van der Waals surface area (Å²) in [6.45, 7) is 0.541. The number of amides is 1. The molecule has 0 bridgehead atoms. The summed E-state index contributed by atoms with van der Waals surface area (Å²) in [5, 5.41) is 3.10. The summed E-state index contributed by atoms with van der Waals surface area (Å²) in [5.74, 6) is 0.933. The van der Waals surface area contributed by atoms with Crippen LogP contribution in [0.3, 0.4) is 0 Å². The highest BCUT2D eigenvalue weighted by atomic mass is 16.3. The summed E-state index contributed by atoms with van der Waals surface area (Å²) in [5.41, 5.74) is 5.64. The molecule has 1 saturated carbocycles. The number of hydrogen-bond acceptors (Lipinski definition) is 3. The summed E-state index contributed by atoms with van der Waals surface area (Å²) in [7, 11) is 0. The zero-order valence-electron chi connectivity index (χ0n) is 10.1. The smallest absolute Gasteiger partial charge is 0.220 e. The number of furan rings is 1. The van der Waals surface area contributed by atoms with Crippen LogP contribution in [0.25, 0.3) is 0 Å². The number of rotatable bonds is 5. The maximum absolute atomic E-state index is 11.8. The quantitative estimate of drug-likeness (QED) is 0.816. The van der Waals surface area contributed by atoms with E-state index in [0.717, 1.165) is 31.4 Å². The van der Waals surface area contributed by atoms with Crippen LogP contribution in [0.5, 0.6) is 0 Å². The molecule has 0 aromatic carbocycles. The molecule has 0 radical (unpaired) electrons. The van der Waals surface area contributed by atoms with E-state index in [1.54, 1.807) is 6.26 Å². The van der Waals surface area contributed by atoms with Crippen LogP contribution < -0.4 is 11.1 Å². The summed E-state index contributed by atoms with van der Waals surface area (Å²) in [6, 6.07) is 3.73. The third-order valence-electron chi connectivity index (χ3n) is 3.53. The van der Waals surface area contributed by atoms with Crippen LogP contribution in [-0.2, 0) is 11.2 Å². The molecule has 0 unspecified atom stereocenters. The molecular formula is C13H20N2O2. The molecule has 3 N–H and O–H groups in total. The van der Waals surface area contributed by atoms with Crippen LogP contribution in [0, 0.1) is 0 Å². The second kappa shape index (κ2) is 5.36. The van der Waals surface area contributed by atoms with Gasteiger partial charge in [0.25, 0.3) is 0 Å². The van der Waals surface area contributed by atoms with Crippen molar-refractivity contribution in [1.29, 1.82) is 0 Å². The molecule has 1 aliphatic rings. The average molecular weight is 236 g/mol. The molecule has 1 aromatic heterocycles. The van der Waals surface area contributed by atoms with Crippen molar-refractivity contribution in [3.05, 3.63) is 24.2 Å². The van der Waals surface area contributed by atoms with Crippen molar-refractivity contribution >= 4 is 5.91 Å². The second-order valence-corrected chi connectivity index (χ2v) is 4.82. The number of nitrogens with two attached hydrogens (primary N) is 1. The monoisotopic (exact) mass is 236 g/mol. The predicted molar refractivity (Wildman–Crippen MR) is 65.4 cm³/mol. The lowest BCUT2D eigenvalue weighted by atomic mass is 9.97. The Bertz CT molecular complexity index is 354. The molecule has 4 heteroatoms. The number of aryl methyl sites for hydroxylation is 1. The van der Waals surface area contributed by atoms with Gasteiger partial charge in [-0.25, -0.2) is 0 Å². The van der Waals surface area contributed by atoms with Crippen LogP contribution >= 0.6 is 0 Å². The molecule has 2 rings (SSSR count). The van der Waals surface area contributed by atoms with Gasteiger partial charge in [-0.2, -0.15) is 0 Å². The van der Waals surface area contributed by atoms with E-state index in [1.165, 1.54) is 0 Å². The van der Waals surface area contributed by atoms with E-state index < -0.39 is 0 Å². The normalized spacial score (nSPS) is 18.2. The van der Waals surface area contributed by atoms with Crippen LogP contribution in [0.1, 0.15) is 37.9 Å². The molecule has 1 aliphatic carbocycles. The van der Waals surface area contributed by atoms with E-state index >= 15 is 0 Å². The summed E-state index contributed by atoms with van der Waals surface area (Å²) in [6.07, 6.45) is 7.09. The number of carbonyl (C=O) groups is 1. The Hall–Kier alpha value is -1.29. The van der Waals surface area contributed by atoms with Crippen molar-refractivity contribution in [3.63, 3.8) is 0 Å². The summed E-state index contributed by atoms with van der Waals surface area (Å²) >= 11 is 0. The molecule has 1 fully saturated rings. The minimum absolute atomic E-state index is 0.0775. The SMILES string of the molecule is NCC1(NC(=O)CCc2ccco2)CCCC1. The minimum atomic E-state index is -0.139. The van der Waals surface area contributed by atoms with E-state index in [1.807, 2.05) is 12.1 Å². The lowest BCUT2D eigenvalue weighted by molar-refractivity contribution is -0.122. The molecule has 0 spiro atoms. The molecule has 0 aliphatic heterocycles. The minimum Gasteiger partial charge on any atom is -0.469 e. The number of nitrogens with one attached hydrogen (secondary N) is 1. The van der Waals surface area contributed by atoms with E-state index in [4.69, 9.17) is 10.2 Å². The van der Waals surface area contributed by atoms with Crippen molar-refractivity contribution in [3.8, 4) is 0 Å². The highest BCUT2D eigenvalue weighted by Gasteiger charge is 2.33. The van der Waals surface area contributed by atoms with Crippen LogP contribution in [0.15, 0.2) is 22.8 Å². The molecule has 1 heterocycles. The maximum atomic E-state index is 11.8. The van der Waals surface area contributed by atoms with Gasteiger partial charge in [-0.15, -0.1) is 0 Å². The van der Waals surface area contributed by atoms with Gasteiger partial charge in [0.05, 0.1) is 11.8 Å². The first-order chi connectivity index (χ1) is 8.24. The molecule has 17 heavy (non-hydrogen) atoms. The Morgan fingerprint density at radius 1 is 1.47 bits per heavy atom. The number of carbonyl (C=O) groups excluding carboxylic acids is 1. The Labute approximate surface area is 102 Å². The molecule has 1 amide bonds. The predicted octanol–water partition coefficient (Wildman–Crippen LogP) is 1.60. The largest absolute Gasteiger partial charge is 0.469 e. The molecular weight excluding hydrogens is 216 g/mol. The van der Waals surface area contributed by atoms with Gasteiger partial charge in [-0.05, 0) is 25.0 Å². The van der Waals surface area contributed by atoms with Crippen molar-refractivity contribution in [2.75, 3.05) is 6.54 Å². The van der Waals surface area contributed by atoms with Crippen molar-refractivity contribution < 1.29 is 9.21 Å². The average Bonchev–Trinajstić information content (AvgIpc) is 2.98. The fraction of sp³-hybridized carbons (Fsp3) is 0.615. The first-order valence-electron chi connectivity index (χ1n) is 6.28. The zero-order chi connectivity index (χ0) is 12.1. The van der Waals surface area contributed by atoms with Crippen molar-refractivity contribution in [1.82, 2.24) is 5.32 Å². The third kappa shape index (κ3) is 3.09. The Balaban J connectivity index is 1.80. The second-order valence-electron chi connectivity index (χ2n) is 4.82. The summed E-state index contributed by atoms with van der Waals surface area (Å²) < 4.78 is 5.20. The van der Waals surface area contributed by atoms with E-state index in [9.17, 15) is 4.79 Å². The fourth-order valence-corrected chi connectivity index (χ4v) is 2.48. The lowest BCUT2D eigenvalue weighted by Crippen LogP contribution is -2.51. The lowest BCUT2D eigenvalue weighted by Gasteiger charge is -2.28. The van der Waals surface area contributed by atoms with Crippen molar-refractivity contribution in [2.24, 2.45) is 5.73 Å². The van der Waals surface area contributed by atoms with Gasteiger partial charge in [-0.1, -0.05) is 12.8 Å². The first-order valence-corrected chi connectivity index (χ1v) is 6.28. The van der Waals surface area contributed by atoms with Crippen molar-refractivity contribution in [2.45, 2.75) is 44.1 Å². The molecule has 94 valence electrons. The number of hydrogen-bond donors (Lipinski definition) is 2. The van der Waals surface area contributed by atoms with Crippen LogP contribution in [-0.4, -0.2) is 18.0 Å². The molecule has 4 nitrogen and oxygen atoms in total. The highest BCUT2D eigenvalue weighted by molar-refractivity contribution is 5.77. The third-order valence-corrected chi connectivity index (χ3v) is 3.53. The van der Waals surface area contributed by atoms with Gasteiger partial charge in [0.2, 0.25) is 5.91 Å². The molecule has 0 atom stereocenters. The molecule has 0 saturated heterocycles. The highest BCUT2D eigenvalue weighted by Crippen LogP contribution is 2.28. The Morgan fingerprint density at radius 2 is 2.24 bits per heavy atom. The van der Waals surface area contributed by atoms with Crippen LogP contribution in [0.4, 0.5) is 0 Å². The standard InChI is InChI=1S/C13H20N2O2/c14-10-13(7-1-2-8-13)15-12(16)6-5-11-4-3-9-17-11/h3-4,9H,1-2,5-8,10,14H2,(H,15,16). The Morgan fingerprint density at radius 3 is 2.82 bits per heavy atom. The van der Waals surface area contributed by atoms with Crippen LogP contribution in [0.2, 0.25) is 0 Å². The van der Waals surface area contributed by atoms with Gasteiger partial charge in [0.1, 0.15) is 5.76 Å². The topological polar surface area (TPSA) is 68.3 Å². The van der Waals surface area contributed by atoms with E-state index in [2.05, 4.69) is 5.32 Å². The first kappa shape index (κ1) is 12.2. The zero-order valence-corrected chi connectivity index (χ0v) is 10.1. The molecule has 1 aromatic rings. The van der Waals surface area contributed by atoms with E-state index in [-0.39, 0.29) is 11.4 Å². The van der Waals surface area contributed by atoms with Gasteiger partial charge >= 0.3 is 0 Å². The van der Waals surface area contributed by atoms with Gasteiger partial charge in [0, 0.05) is 19.4 Å². The van der Waals surface area contributed by atoms with Gasteiger partial charge < -0.3 is 15.5 Å². The Kier molecular flexibility index (Phi) is 3.84. The van der Waals surface area contributed by atoms with E-state index in [0.29, 0.717) is 19.4 Å². The summed E-state index contributed by atoms with van der Waals surface area (Å²) in [4.78, 5) is 11.8.